The van der Waals surface area contributed by atoms with Gasteiger partial charge in [-0.3, -0.25) is 19.2 Å². The van der Waals surface area contributed by atoms with Crippen molar-refractivity contribution in [1.82, 2.24) is 4.98 Å². The molecule has 7 nitrogen and oxygen atoms in total. The first kappa shape index (κ1) is 21.1. The van der Waals surface area contributed by atoms with E-state index in [2.05, 4.69) is 4.98 Å². The summed E-state index contributed by atoms with van der Waals surface area (Å²) in [6.45, 7) is 4.15. The van der Waals surface area contributed by atoms with Crippen LogP contribution in [-0.2, 0) is 4.74 Å². The number of aromatic amines is 1. The van der Waals surface area contributed by atoms with E-state index in [0.29, 0.717) is 16.8 Å². The summed E-state index contributed by atoms with van der Waals surface area (Å²) >= 11 is 0. The van der Waals surface area contributed by atoms with Crippen molar-refractivity contribution in [3.8, 4) is 0 Å². The first-order valence-corrected chi connectivity index (χ1v) is 9.94. The monoisotopic (exact) mass is 429 g/mol. The van der Waals surface area contributed by atoms with Crippen molar-refractivity contribution < 1.29 is 28.7 Å². The molecule has 1 N–H and O–H groups in total. The van der Waals surface area contributed by atoms with Gasteiger partial charge in [-0.25, -0.2) is 4.79 Å². The van der Waals surface area contributed by atoms with Crippen LogP contribution in [0, 0.1) is 13.8 Å². The van der Waals surface area contributed by atoms with Gasteiger partial charge in [-0.1, -0.05) is 36.4 Å². The Morgan fingerprint density at radius 1 is 0.875 bits per heavy atom. The maximum atomic E-state index is 13.0. The molecule has 0 unspecified atom stereocenters. The maximum Gasteiger partial charge on any atom is 0.339 e. The van der Waals surface area contributed by atoms with Gasteiger partial charge in [-0.2, -0.15) is 0 Å². The average molecular weight is 429 g/mol. The van der Waals surface area contributed by atoms with Gasteiger partial charge in [0, 0.05) is 33.5 Å². The maximum absolute atomic E-state index is 13.0. The van der Waals surface area contributed by atoms with Crippen molar-refractivity contribution in [3.63, 3.8) is 0 Å². The molecule has 0 radical (unpaired) electrons. The van der Waals surface area contributed by atoms with Gasteiger partial charge in [0.2, 0.25) is 5.78 Å². The van der Waals surface area contributed by atoms with Gasteiger partial charge in [-0.05, 0) is 32.4 Å². The van der Waals surface area contributed by atoms with Crippen LogP contribution in [0.1, 0.15) is 81.2 Å². The van der Waals surface area contributed by atoms with E-state index in [1.54, 1.807) is 32.0 Å². The standard InChI is InChI=1S/C25H19NO6/c1-12-20(14(3)27)13(2)26-22(12)19(28)11-32-25(31)18-10-6-9-17-21(18)24(30)16-8-5-4-7-15(16)23(17)29/h4-10,26H,11H2,1-3H3. The van der Waals surface area contributed by atoms with Gasteiger partial charge in [0.1, 0.15) is 0 Å². The van der Waals surface area contributed by atoms with E-state index in [1.807, 2.05) is 0 Å². The average Bonchev–Trinajstić information content (AvgIpc) is 3.09. The lowest BCUT2D eigenvalue weighted by Crippen LogP contribution is -2.25. The van der Waals surface area contributed by atoms with Crippen LogP contribution < -0.4 is 0 Å². The number of Topliss-reactive ketones (excluding diaryl/α,β-unsaturated/α-hetero) is 2. The summed E-state index contributed by atoms with van der Waals surface area (Å²) in [4.78, 5) is 65.9. The SMILES string of the molecule is CC(=O)c1c(C)[nH]c(C(=O)COC(=O)c2cccc3c2C(=O)c2ccccc2C3=O)c1C. The number of carbonyl (C=O) groups excluding carboxylic acids is 5. The zero-order chi connectivity index (χ0) is 23.2. The van der Waals surface area contributed by atoms with Gasteiger partial charge in [0.15, 0.2) is 24.0 Å². The third-order valence-corrected chi connectivity index (χ3v) is 5.58. The highest BCUT2D eigenvalue weighted by molar-refractivity contribution is 6.30. The van der Waals surface area contributed by atoms with E-state index < -0.39 is 24.1 Å². The van der Waals surface area contributed by atoms with Crippen LogP contribution in [0.4, 0.5) is 0 Å². The van der Waals surface area contributed by atoms with Gasteiger partial charge in [-0.15, -0.1) is 0 Å². The molecule has 0 spiro atoms. The predicted molar refractivity (Wildman–Crippen MR) is 115 cm³/mol. The number of fused-ring (bicyclic) bond motifs is 2. The molecular weight excluding hydrogens is 410 g/mol. The summed E-state index contributed by atoms with van der Waals surface area (Å²) in [6.07, 6.45) is 0. The minimum Gasteiger partial charge on any atom is -0.454 e. The number of carbonyl (C=O) groups is 5. The van der Waals surface area contributed by atoms with Crippen molar-refractivity contribution in [2.75, 3.05) is 6.61 Å². The highest BCUT2D eigenvalue weighted by Gasteiger charge is 2.33. The topological polar surface area (TPSA) is 110 Å². The molecule has 0 atom stereocenters. The molecule has 0 saturated carbocycles. The Bertz CT molecular complexity index is 1340. The molecular formula is C25H19NO6. The first-order valence-electron chi connectivity index (χ1n) is 9.94. The van der Waals surface area contributed by atoms with E-state index in [0.717, 1.165) is 0 Å². The summed E-state index contributed by atoms with van der Waals surface area (Å²) in [6, 6.07) is 10.8. The van der Waals surface area contributed by atoms with Crippen LogP contribution in [0.5, 0.6) is 0 Å². The molecule has 0 amide bonds. The van der Waals surface area contributed by atoms with E-state index in [-0.39, 0.29) is 45.1 Å². The third-order valence-electron chi connectivity index (χ3n) is 5.58. The van der Waals surface area contributed by atoms with Crippen LogP contribution in [0.2, 0.25) is 0 Å². The number of ketones is 4. The Morgan fingerprint density at radius 2 is 1.50 bits per heavy atom. The lowest BCUT2D eigenvalue weighted by molar-refractivity contribution is 0.0471. The minimum atomic E-state index is -0.886. The van der Waals surface area contributed by atoms with Gasteiger partial charge >= 0.3 is 5.97 Å². The highest BCUT2D eigenvalue weighted by Crippen LogP contribution is 2.30. The number of aryl methyl sites for hydroxylation is 1. The fourth-order valence-corrected chi connectivity index (χ4v) is 4.15. The molecule has 7 heteroatoms. The second-order valence-corrected chi connectivity index (χ2v) is 7.61. The van der Waals surface area contributed by atoms with Crippen molar-refractivity contribution >= 4 is 29.1 Å². The van der Waals surface area contributed by atoms with Crippen molar-refractivity contribution in [2.45, 2.75) is 20.8 Å². The van der Waals surface area contributed by atoms with Crippen LogP contribution in [-0.4, -0.2) is 40.7 Å². The normalized spacial score (nSPS) is 12.2. The number of nitrogens with one attached hydrogen (secondary N) is 1. The molecule has 160 valence electrons. The lowest BCUT2D eigenvalue weighted by atomic mass is 9.82. The number of aromatic nitrogens is 1. The fourth-order valence-electron chi connectivity index (χ4n) is 4.15. The van der Waals surface area contributed by atoms with Crippen LogP contribution in [0.3, 0.4) is 0 Å². The number of esters is 1. The van der Waals surface area contributed by atoms with Crippen LogP contribution >= 0.6 is 0 Å². The molecule has 0 aliphatic heterocycles. The molecule has 1 heterocycles. The number of hydrogen-bond donors (Lipinski definition) is 1. The quantitative estimate of drug-likeness (QED) is 0.383. The van der Waals surface area contributed by atoms with E-state index in [9.17, 15) is 24.0 Å². The summed E-state index contributed by atoms with van der Waals surface area (Å²) in [5, 5.41) is 0. The molecule has 1 aromatic heterocycles. The summed E-state index contributed by atoms with van der Waals surface area (Å²) < 4.78 is 5.19. The number of ether oxygens (including phenoxy) is 1. The minimum absolute atomic E-state index is 0.0283. The summed E-state index contributed by atoms with van der Waals surface area (Å²) in [7, 11) is 0. The third kappa shape index (κ3) is 3.28. The zero-order valence-electron chi connectivity index (χ0n) is 17.7. The number of hydrogen-bond acceptors (Lipinski definition) is 6. The molecule has 32 heavy (non-hydrogen) atoms. The molecule has 1 aliphatic carbocycles. The smallest absolute Gasteiger partial charge is 0.339 e. The Morgan fingerprint density at radius 3 is 2.12 bits per heavy atom. The first-order chi connectivity index (χ1) is 15.2. The fraction of sp³-hybridized carbons (Fsp3) is 0.160. The Balaban J connectivity index is 1.61. The predicted octanol–water partition coefficient (Wildman–Crippen LogP) is 3.65. The van der Waals surface area contributed by atoms with E-state index >= 15 is 0 Å². The molecule has 0 fully saturated rings. The van der Waals surface area contributed by atoms with Gasteiger partial charge in [0.05, 0.1) is 11.3 Å². The molecule has 0 saturated heterocycles. The molecule has 1 aliphatic rings. The van der Waals surface area contributed by atoms with E-state index in [4.69, 9.17) is 4.74 Å². The largest absolute Gasteiger partial charge is 0.454 e. The Labute approximate surface area is 183 Å². The van der Waals surface area contributed by atoms with E-state index in [1.165, 1.54) is 31.2 Å². The molecule has 4 rings (SSSR count). The Kier molecular flexibility index (Phi) is 5.18. The Hall–Kier alpha value is -4.13. The number of benzene rings is 2. The highest BCUT2D eigenvalue weighted by atomic mass is 16.5. The molecule has 3 aromatic rings. The number of rotatable bonds is 5. The van der Waals surface area contributed by atoms with Crippen molar-refractivity contribution in [2.24, 2.45) is 0 Å². The lowest BCUT2D eigenvalue weighted by Gasteiger charge is -2.19. The second-order valence-electron chi connectivity index (χ2n) is 7.61. The van der Waals surface area contributed by atoms with Crippen LogP contribution in [0.25, 0.3) is 0 Å². The second kappa shape index (κ2) is 7.85. The molecule has 0 bridgehead atoms. The summed E-state index contributed by atoms with van der Waals surface area (Å²) in [5.74, 6) is -2.37. The van der Waals surface area contributed by atoms with Gasteiger partial charge in [0.25, 0.3) is 0 Å². The van der Waals surface area contributed by atoms with Crippen molar-refractivity contribution in [3.05, 3.63) is 92.8 Å². The van der Waals surface area contributed by atoms with Gasteiger partial charge < -0.3 is 9.72 Å². The number of H-pyrrole nitrogens is 1. The zero-order valence-corrected chi connectivity index (χ0v) is 17.7. The summed E-state index contributed by atoms with van der Waals surface area (Å²) in [5.41, 5.74) is 2.19. The van der Waals surface area contributed by atoms with Crippen LogP contribution in [0.15, 0.2) is 42.5 Å². The molecule has 2 aromatic carbocycles. The van der Waals surface area contributed by atoms with Crippen molar-refractivity contribution in [1.29, 1.82) is 0 Å².